The number of hydrogen-bond donors (Lipinski definition) is 2. The summed E-state index contributed by atoms with van der Waals surface area (Å²) in [6.07, 6.45) is 0. The van der Waals surface area contributed by atoms with E-state index in [9.17, 15) is 0 Å². The monoisotopic (exact) mass is 390 g/mol. The van der Waals surface area contributed by atoms with Crippen molar-refractivity contribution in [2.75, 3.05) is 38.3 Å². The molecule has 0 unspecified atom stereocenters. The zero-order valence-corrected chi connectivity index (χ0v) is 15.9. The normalized spacial score (nSPS) is 16.6. The molecule has 0 saturated carbocycles. The van der Waals surface area contributed by atoms with Crippen LogP contribution >= 0.6 is 23.8 Å². The number of thiocarbonyl (C=S) groups is 1. The van der Waals surface area contributed by atoms with E-state index in [1.807, 2.05) is 30.3 Å². The first-order chi connectivity index (χ1) is 12.7. The Morgan fingerprint density at radius 1 is 1.08 bits per heavy atom. The van der Waals surface area contributed by atoms with Crippen LogP contribution in [0.25, 0.3) is 0 Å². The summed E-state index contributed by atoms with van der Waals surface area (Å²) >= 11 is 11.5. The highest BCUT2D eigenvalue weighted by molar-refractivity contribution is 7.80. The van der Waals surface area contributed by atoms with Crippen molar-refractivity contribution < 1.29 is 14.4 Å². The van der Waals surface area contributed by atoms with E-state index in [2.05, 4.69) is 22.3 Å². The van der Waals surface area contributed by atoms with E-state index in [1.165, 1.54) is 5.56 Å². The first-order valence-corrected chi connectivity index (χ1v) is 9.49. The average molecular weight is 391 g/mol. The van der Waals surface area contributed by atoms with Crippen LogP contribution in [0.4, 0.5) is 5.69 Å². The summed E-state index contributed by atoms with van der Waals surface area (Å²) in [5, 5.41) is 4.79. The molecular weight excluding hydrogens is 370 g/mol. The molecule has 0 amide bonds. The van der Waals surface area contributed by atoms with E-state index in [-0.39, 0.29) is 0 Å². The van der Waals surface area contributed by atoms with Crippen LogP contribution < -0.4 is 19.7 Å². The molecule has 1 fully saturated rings. The third-order valence-corrected chi connectivity index (χ3v) is 5.36. The highest BCUT2D eigenvalue weighted by Gasteiger charge is 2.23. The number of fused-ring (bicyclic) bond motifs is 1. The van der Waals surface area contributed by atoms with Gasteiger partial charge < -0.3 is 24.6 Å². The van der Waals surface area contributed by atoms with E-state index in [4.69, 9.17) is 33.3 Å². The van der Waals surface area contributed by atoms with Gasteiger partial charge in [0.15, 0.2) is 16.6 Å². The van der Waals surface area contributed by atoms with Gasteiger partial charge in [0.2, 0.25) is 6.79 Å². The lowest BCUT2D eigenvalue weighted by Gasteiger charge is -2.34. The predicted octanol–water partition coefficient (Wildman–Crippen LogP) is 2.17. The maximum absolute atomic E-state index is 5.92. The van der Waals surface area contributed by atoms with E-state index in [1.54, 1.807) is 4.90 Å². The SMILES string of the molecule is S=C(Nc1ccc(Cl)cc1)N1CC[NH+](Cc2ccc3c(c2)OCO3)CC1. The molecule has 26 heavy (non-hydrogen) atoms. The van der Waals surface area contributed by atoms with Gasteiger partial charge in [-0.1, -0.05) is 11.6 Å². The third-order valence-electron chi connectivity index (χ3n) is 4.74. The van der Waals surface area contributed by atoms with Gasteiger partial charge in [-0.25, -0.2) is 0 Å². The summed E-state index contributed by atoms with van der Waals surface area (Å²) in [6.45, 7) is 5.30. The van der Waals surface area contributed by atoms with E-state index < -0.39 is 0 Å². The lowest BCUT2D eigenvalue weighted by Crippen LogP contribution is -3.13. The molecule has 2 aliphatic heterocycles. The van der Waals surface area contributed by atoms with E-state index >= 15 is 0 Å². The molecular formula is C19H21ClN3O2S+. The second-order valence-corrected chi connectivity index (χ2v) is 7.36. The number of hydrogen-bond acceptors (Lipinski definition) is 3. The van der Waals surface area contributed by atoms with Crippen LogP contribution in [0.15, 0.2) is 42.5 Å². The minimum Gasteiger partial charge on any atom is -0.454 e. The van der Waals surface area contributed by atoms with Crippen LogP contribution in [0.2, 0.25) is 5.02 Å². The molecule has 4 rings (SSSR count). The van der Waals surface area contributed by atoms with Gasteiger partial charge in [-0.3, -0.25) is 0 Å². The van der Waals surface area contributed by atoms with Crippen molar-refractivity contribution in [3.8, 4) is 11.5 Å². The van der Waals surface area contributed by atoms with Crippen molar-refractivity contribution in [3.63, 3.8) is 0 Å². The molecule has 1 saturated heterocycles. The van der Waals surface area contributed by atoms with Gasteiger partial charge in [-0.15, -0.1) is 0 Å². The van der Waals surface area contributed by atoms with Crippen LogP contribution in [0.3, 0.4) is 0 Å². The van der Waals surface area contributed by atoms with Crippen LogP contribution in [-0.4, -0.2) is 43.0 Å². The Morgan fingerprint density at radius 3 is 2.58 bits per heavy atom. The summed E-state index contributed by atoms with van der Waals surface area (Å²) in [5.41, 5.74) is 2.24. The Labute approximate surface area is 163 Å². The van der Waals surface area contributed by atoms with Crippen LogP contribution in [0, 0.1) is 0 Å². The van der Waals surface area contributed by atoms with Crippen molar-refractivity contribution in [2.24, 2.45) is 0 Å². The fraction of sp³-hybridized carbons (Fsp3) is 0.316. The summed E-state index contributed by atoms with van der Waals surface area (Å²) in [6, 6.07) is 13.8. The fourth-order valence-electron chi connectivity index (χ4n) is 3.28. The van der Waals surface area contributed by atoms with Gasteiger partial charge in [-0.05, 0) is 54.7 Å². The third kappa shape index (κ3) is 4.03. The number of anilines is 1. The zero-order valence-electron chi connectivity index (χ0n) is 14.3. The molecule has 136 valence electrons. The van der Waals surface area contributed by atoms with Gasteiger partial charge in [-0.2, -0.15) is 0 Å². The van der Waals surface area contributed by atoms with Crippen LogP contribution in [0.5, 0.6) is 11.5 Å². The number of quaternary nitrogens is 1. The van der Waals surface area contributed by atoms with Crippen molar-refractivity contribution in [2.45, 2.75) is 6.54 Å². The Hall–Kier alpha value is -2.02. The molecule has 2 aliphatic rings. The van der Waals surface area contributed by atoms with Crippen LogP contribution in [-0.2, 0) is 6.54 Å². The maximum Gasteiger partial charge on any atom is 0.231 e. The van der Waals surface area contributed by atoms with Gasteiger partial charge in [0, 0.05) is 16.3 Å². The second kappa shape index (κ2) is 7.70. The Morgan fingerprint density at radius 2 is 1.81 bits per heavy atom. The molecule has 0 aliphatic carbocycles. The van der Waals surface area contributed by atoms with Gasteiger partial charge >= 0.3 is 0 Å². The zero-order chi connectivity index (χ0) is 17.9. The van der Waals surface area contributed by atoms with Crippen molar-refractivity contribution in [3.05, 3.63) is 53.1 Å². The molecule has 0 spiro atoms. The predicted molar refractivity (Wildman–Crippen MR) is 106 cm³/mol. The first kappa shape index (κ1) is 17.4. The van der Waals surface area contributed by atoms with E-state index in [0.29, 0.717) is 6.79 Å². The second-order valence-electron chi connectivity index (χ2n) is 6.54. The average Bonchev–Trinajstić information content (AvgIpc) is 3.12. The largest absolute Gasteiger partial charge is 0.454 e. The highest BCUT2D eigenvalue weighted by Crippen LogP contribution is 2.32. The van der Waals surface area contributed by atoms with Gasteiger partial charge in [0.05, 0.1) is 26.2 Å². The first-order valence-electron chi connectivity index (χ1n) is 8.71. The highest BCUT2D eigenvalue weighted by atomic mass is 35.5. The molecule has 5 nitrogen and oxygen atoms in total. The van der Waals surface area contributed by atoms with Gasteiger partial charge in [0.25, 0.3) is 0 Å². The van der Waals surface area contributed by atoms with Crippen molar-refractivity contribution >= 4 is 34.6 Å². The lowest BCUT2D eigenvalue weighted by atomic mass is 10.1. The molecule has 2 aromatic carbocycles. The molecule has 2 N–H and O–H groups in total. The number of ether oxygens (including phenoxy) is 2. The number of nitrogens with zero attached hydrogens (tertiary/aromatic N) is 1. The number of benzene rings is 2. The summed E-state index contributed by atoms with van der Waals surface area (Å²) in [5.74, 6) is 1.70. The fourth-order valence-corrected chi connectivity index (χ4v) is 3.70. The number of nitrogens with one attached hydrogen (secondary N) is 2. The Bertz CT molecular complexity index is 792. The molecule has 0 bridgehead atoms. The van der Waals surface area contributed by atoms with E-state index in [0.717, 1.165) is 60.0 Å². The molecule has 2 heterocycles. The minimum atomic E-state index is 0.322. The maximum atomic E-state index is 5.92. The Balaban J connectivity index is 1.28. The minimum absolute atomic E-state index is 0.322. The summed E-state index contributed by atoms with van der Waals surface area (Å²) < 4.78 is 10.8. The molecule has 0 radical (unpaired) electrons. The smallest absolute Gasteiger partial charge is 0.231 e. The molecule has 0 atom stereocenters. The quantitative estimate of drug-likeness (QED) is 0.786. The summed E-state index contributed by atoms with van der Waals surface area (Å²) in [7, 11) is 0. The number of rotatable bonds is 3. The standard InChI is InChI=1S/C19H20ClN3O2S/c20-15-2-4-16(5-3-15)21-19(26)23-9-7-22(8-10-23)12-14-1-6-17-18(11-14)25-13-24-17/h1-6,11H,7-10,12-13H2,(H,21,26)/p+1. The number of halogens is 1. The topological polar surface area (TPSA) is 38.2 Å². The molecule has 2 aromatic rings. The molecule has 0 aromatic heterocycles. The van der Waals surface area contributed by atoms with Crippen molar-refractivity contribution in [1.29, 1.82) is 0 Å². The Kier molecular flexibility index (Phi) is 5.15. The summed E-state index contributed by atoms with van der Waals surface area (Å²) in [4.78, 5) is 3.78. The lowest BCUT2D eigenvalue weighted by molar-refractivity contribution is -0.917. The number of piperazine rings is 1. The van der Waals surface area contributed by atoms with Crippen LogP contribution in [0.1, 0.15) is 5.56 Å². The van der Waals surface area contributed by atoms with Crippen molar-refractivity contribution in [1.82, 2.24) is 4.90 Å². The molecule has 7 heteroatoms. The van der Waals surface area contributed by atoms with Gasteiger partial charge in [0.1, 0.15) is 6.54 Å².